The van der Waals surface area contributed by atoms with E-state index in [0.29, 0.717) is 5.46 Å². The number of benzene rings is 5. The Balaban J connectivity index is 1.32. The lowest BCUT2D eigenvalue weighted by molar-refractivity contribution is 0.426. The van der Waals surface area contributed by atoms with Crippen molar-refractivity contribution in [3.05, 3.63) is 127 Å². The second-order valence-electron chi connectivity index (χ2n) is 8.09. The Morgan fingerprint density at radius 3 is 0.818 bits per heavy atom. The smallest absolute Gasteiger partial charge is 0.423 e. The molecule has 0 amide bonds. The Morgan fingerprint density at radius 2 is 0.545 bits per heavy atom. The molecular weight excluding hydrogens is 403 g/mol. The van der Waals surface area contributed by atoms with Gasteiger partial charge in [0.1, 0.15) is 0 Å². The first-order valence-electron chi connectivity index (χ1n) is 11.0. The predicted molar refractivity (Wildman–Crippen MR) is 138 cm³/mol. The van der Waals surface area contributed by atoms with E-state index in [0.717, 1.165) is 16.7 Å². The highest BCUT2D eigenvalue weighted by Crippen LogP contribution is 2.29. The molecule has 0 atom stereocenters. The minimum atomic E-state index is -1.44. The molecule has 0 aliphatic rings. The molecule has 0 spiro atoms. The normalized spacial score (nSPS) is 10.7. The van der Waals surface area contributed by atoms with Crippen LogP contribution in [0.3, 0.4) is 0 Å². The summed E-state index contributed by atoms with van der Waals surface area (Å²) in [6, 6.07) is 43.5. The van der Waals surface area contributed by atoms with Gasteiger partial charge in [0.2, 0.25) is 0 Å². The summed E-state index contributed by atoms with van der Waals surface area (Å²) in [7, 11) is -1.44. The Bertz CT molecular complexity index is 1320. The van der Waals surface area contributed by atoms with Crippen molar-refractivity contribution in [2.24, 2.45) is 0 Å². The third-order valence-electron chi connectivity index (χ3n) is 5.97. The van der Waals surface area contributed by atoms with Gasteiger partial charge in [-0.15, -0.1) is 0 Å². The summed E-state index contributed by atoms with van der Waals surface area (Å²) in [6.45, 7) is 0. The Morgan fingerprint density at radius 1 is 0.303 bits per heavy atom. The van der Waals surface area contributed by atoms with Crippen LogP contribution in [0, 0.1) is 0 Å². The zero-order chi connectivity index (χ0) is 22.6. The third kappa shape index (κ3) is 4.65. The van der Waals surface area contributed by atoms with Crippen molar-refractivity contribution in [3.63, 3.8) is 0 Å². The molecule has 5 aromatic rings. The summed E-state index contributed by atoms with van der Waals surface area (Å²) in [5.74, 6) is 0. The lowest BCUT2D eigenvalue weighted by Gasteiger charge is -2.08. The summed E-state index contributed by atoms with van der Waals surface area (Å²) >= 11 is 0. The van der Waals surface area contributed by atoms with Crippen molar-refractivity contribution < 1.29 is 10.0 Å². The molecule has 0 heterocycles. The second kappa shape index (κ2) is 9.29. The molecule has 0 aliphatic carbocycles. The first-order chi connectivity index (χ1) is 16.2. The van der Waals surface area contributed by atoms with Crippen LogP contribution < -0.4 is 5.46 Å². The van der Waals surface area contributed by atoms with Gasteiger partial charge in [0.05, 0.1) is 0 Å². The minimum absolute atomic E-state index is 0.491. The van der Waals surface area contributed by atoms with Gasteiger partial charge < -0.3 is 10.0 Å². The van der Waals surface area contributed by atoms with Crippen molar-refractivity contribution in [3.8, 4) is 44.5 Å². The molecule has 2 nitrogen and oxygen atoms in total. The molecule has 2 N–H and O–H groups in total. The average molecular weight is 426 g/mol. The fraction of sp³-hybridized carbons (Fsp3) is 0. The summed E-state index contributed by atoms with van der Waals surface area (Å²) in [6.07, 6.45) is 0. The third-order valence-corrected chi connectivity index (χ3v) is 5.97. The minimum Gasteiger partial charge on any atom is -0.423 e. The average Bonchev–Trinajstić information content (AvgIpc) is 2.90. The summed E-state index contributed by atoms with van der Waals surface area (Å²) in [4.78, 5) is 0. The van der Waals surface area contributed by atoms with Gasteiger partial charge in [-0.1, -0.05) is 127 Å². The van der Waals surface area contributed by atoms with Crippen LogP contribution >= 0.6 is 0 Å². The molecular formula is C30H23BO2. The van der Waals surface area contributed by atoms with Crippen LogP contribution in [0.5, 0.6) is 0 Å². The molecule has 5 rings (SSSR count). The summed E-state index contributed by atoms with van der Waals surface area (Å²) < 4.78 is 0. The number of hydrogen-bond donors (Lipinski definition) is 2. The molecule has 0 bridgehead atoms. The van der Waals surface area contributed by atoms with Crippen LogP contribution in [0.2, 0.25) is 0 Å². The fourth-order valence-corrected chi connectivity index (χ4v) is 4.04. The van der Waals surface area contributed by atoms with Crippen molar-refractivity contribution in [1.29, 1.82) is 0 Å². The highest BCUT2D eigenvalue weighted by molar-refractivity contribution is 6.58. The van der Waals surface area contributed by atoms with Crippen LogP contribution in [0.4, 0.5) is 0 Å². The standard InChI is InChI=1S/C30H23BO2/c32-31(33)30-20-18-29(19-21-30)28-16-14-27(15-17-28)26-12-10-25(11-13-26)24-8-6-23(7-9-24)22-4-2-1-3-5-22/h1-21,32-33H. The predicted octanol–water partition coefficient (Wildman–Crippen LogP) is 6.03. The highest BCUT2D eigenvalue weighted by Gasteiger charge is 2.10. The summed E-state index contributed by atoms with van der Waals surface area (Å²) in [5.41, 5.74) is 9.80. The Kier molecular flexibility index (Phi) is 5.90. The molecule has 0 aromatic heterocycles. The largest absolute Gasteiger partial charge is 0.488 e. The zero-order valence-corrected chi connectivity index (χ0v) is 18.1. The SMILES string of the molecule is OB(O)c1ccc(-c2ccc(-c3ccc(-c4ccc(-c5ccccc5)cc4)cc3)cc2)cc1. The van der Waals surface area contributed by atoms with Gasteiger partial charge in [-0.05, 0) is 50.0 Å². The van der Waals surface area contributed by atoms with E-state index in [4.69, 9.17) is 0 Å². The number of rotatable bonds is 5. The quantitative estimate of drug-likeness (QED) is 0.337. The van der Waals surface area contributed by atoms with Crippen LogP contribution in [-0.2, 0) is 0 Å². The van der Waals surface area contributed by atoms with Crippen LogP contribution in [0.15, 0.2) is 127 Å². The van der Waals surface area contributed by atoms with Gasteiger partial charge in [-0.3, -0.25) is 0 Å². The molecule has 3 heteroatoms. The topological polar surface area (TPSA) is 40.5 Å². The molecule has 0 aliphatic heterocycles. The maximum absolute atomic E-state index is 9.25. The van der Waals surface area contributed by atoms with Crippen LogP contribution in [0.1, 0.15) is 0 Å². The maximum Gasteiger partial charge on any atom is 0.488 e. The van der Waals surface area contributed by atoms with E-state index in [-0.39, 0.29) is 0 Å². The van der Waals surface area contributed by atoms with Crippen molar-refractivity contribution in [1.82, 2.24) is 0 Å². The Hall–Kier alpha value is -3.92. The molecule has 0 saturated heterocycles. The van der Waals surface area contributed by atoms with E-state index in [1.807, 2.05) is 18.2 Å². The van der Waals surface area contributed by atoms with Gasteiger partial charge in [0.15, 0.2) is 0 Å². The van der Waals surface area contributed by atoms with Gasteiger partial charge in [-0.2, -0.15) is 0 Å². The van der Waals surface area contributed by atoms with Gasteiger partial charge in [0, 0.05) is 0 Å². The van der Waals surface area contributed by atoms with Gasteiger partial charge >= 0.3 is 7.12 Å². The molecule has 33 heavy (non-hydrogen) atoms. The summed E-state index contributed by atoms with van der Waals surface area (Å²) in [5, 5.41) is 18.5. The van der Waals surface area contributed by atoms with Crippen LogP contribution in [0.25, 0.3) is 44.5 Å². The molecule has 5 aromatic carbocycles. The maximum atomic E-state index is 9.25. The molecule has 0 radical (unpaired) electrons. The van der Waals surface area contributed by atoms with Crippen LogP contribution in [-0.4, -0.2) is 17.2 Å². The lowest BCUT2D eigenvalue weighted by atomic mass is 9.80. The molecule has 0 unspecified atom stereocenters. The van der Waals surface area contributed by atoms with Crippen molar-refractivity contribution >= 4 is 12.6 Å². The van der Waals surface area contributed by atoms with Gasteiger partial charge in [0.25, 0.3) is 0 Å². The first kappa shape index (κ1) is 21.0. The fourth-order valence-electron chi connectivity index (χ4n) is 4.04. The second-order valence-corrected chi connectivity index (χ2v) is 8.09. The van der Waals surface area contributed by atoms with E-state index in [1.54, 1.807) is 12.1 Å². The van der Waals surface area contributed by atoms with Crippen molar-refractivity contribution in [2.75, 3.05) is 0 Å². The lowest BCUT2D eigenvalue weighted by Crippen LogP contribution is -2.29. The number of hydrogen-bond acceptors (Lipinski definition) is 2. The van der Waals surface area contributed by atoms with E-state index in [2.05, 4.69) is 97.1 Å². The first-order valence-corrected chi connectivity index (χ1v) is 11.0. The molecule has 0 saturated carbocycles. The van der Waals surface area contributed by atoms with Crippen molar-refractivity contribution in [2.45, 2.75) is 0 Å². The monoisotopic (exact) mass is 426 g/mol. The Labute approximate surface area is 194 Å². The van der Waals surface area contributed by atoms with E-state index in [1.165, 1.54) is 27.8 Å². The van der Waals surface area contributed by atoms with Gasteiger partial charge in [-0.25, -0.2) is 0 Å². The zero-order valence-electron chi connectivity index (χ0n) is 18.1. The van der Waals surface area contributed by atoms with E-state index in [9.17, 15) is 10.0 Å². The van der Waals surface area contributed by atoms with E-state index >= 15 is 0 Å². The molecule has 0 fully saturated rings. The highest BCUT2D eigenvalue weighted by atomic mass is 16.4. The van der Waals surface area contributed by atoms with E-state index < -0.39 is 7.12 Å². The molecule has 158 valence electrons.